The van der Waals surface area contributed by atoms with Crippen LogP contribution in [0.2, 0.25) is 0 Å². The molecule has 1 aromatic carbocycles. The van der Waals surface area contributed by atoms with Gasteiger partial charge in [0.1, 0.15) is 0 Å². The van der Waals surface area contributed by atoms with Crippen molar-refractivity contribution in [1.29, 1.82) is 0 Å². The molecule has 162 valence electrons. The van der Waals surface area contributed by atoms with Crippen LogP contribution in [0.5, 0.6) is 0 Å². The molecule has 5 nitrogen and oxygen atoms in total. The molecule has 2 amide bonds. The molecule has 2 aliphatic heterocycles. The molecule has 4 rings (SSSR count). The first-order chi connectivity index (χ1) is 14.8. The van der Waals surface area contributed by atoms with E-state index >= 15 is 0 Å². The van der Waals surface area contributed by atoms with E-state index in [1.165, 1.54) is 23.5 Å². The lowest BCUT2D eigenvalue weighted by Gasteiger charge is -2.25. The van der Waals surface area contributed by atoms with Crippen molar-refractivity contribution in [1.82, 2.24) is 4.90 Å². The fourth-order valence-electron chi connectivity index (χ4n) is 3.05. The molecular weight excluding hydrogens is 449 g/mol. The summed E-state index contributed by atoms with van der Waals surface area (Å²) in [5.74, 6) is -0.531. The highest BCUT2D eigenvalue weighted by Gasteiger charge is 2.32. The summed E-state index contributed by atoms with van der Waals surface area (Å²) < 4.78 is 43.9. The maximum atomic E-state index is 12.9. The van der Waals surface area contributed by atoms with Gasteiger partial charge in [0.05, 0.1) is 29.4 Å². The number of ether oxygens (including phenoxy) is 1. The highest BCUT2D eigenvalue weighted by molar-refractivity contribution is 8.04. The van der Waals surface area contributed by atoms with Gasteiger partial charge in [-0.2, -0.15) is 13.2 Å². The number of amides is 2. The third-order valence-electron chi connectivity index (χ3n) is 4.65. The second-order valence-electron chi connectivity index (χ2n) is 6.83. The number of morpholine rings is 1. The van der Waals surface area contributed by atoms with Gasteiger partial charge in [-0.3, -0.25) is 9.59 Å². The van der Waals surface area contributed by atoms with Gasteiger partial charge in [-0.15, -0.1) is 11.3 Å². The number of nitrogens with zero attached hydrogens (tertiary/aromatic N) is 1. The SMILES string of the molecule is O=C1Nc2cc(C(F)(F)F)ccc2SC1=Cc1cc(/C=C/C(=O)N2CCOCC2)cs1. The molecule has 0 aliphatic carbocycles. The molecule has 1 aromatic heterocycles. The molecule has 0 spiro atoms. The largest absolute Gasteiger partial charge is 0.416 e. The van der Waals surface area contributed by atoms with Gasteiger partial charge in [0, 0.05) is 28.9 Å². The highest BCUT2D eigenvalue weighted by Crippen LogP contribution is 2.42. The Hall–Kier alpha value is -2.56. The van der Waals surface area contributed by atoms with E-state index in [-0.39, 0.29) is 11.6 Å². The van der Waals surface area contributed by atoms with Crippen LogP contribution in [-0.4, -0.2) is 43.0 Å². The van der Waals surface area contributed by atoms with E-state index in [9.17, 15) is 22.8 Å². The summed E-state index contributed by atoms with van der Waals surface area (Å²) in [4.78, 5) is 28.0. The number of nitrogens with one attached hydrogen (secondary N) is 1. The Bertz CT molecular complexity index is 1070. The molecule has 0 radical (unpaired) electrons. The van der Waals surface area contributed by atoms with E-state index < -0.39 is 17.6 Å². The Kier molecular flexibility index (Phi) is 6.22. The first kappa shape index (κ1) is 21.7. The fraction of sp³-hybridized carbons (Fsp3) is 0.238. The summed E-state index contributed by atoms with van der Waals surface area (Å²) in [7, 11) is 0. The van der Waals surface area contributed by atoms with Crippen LogP contribution in [0.3, 0.4) is 0 Å². The van der Waals surface area contributed by atoms with Crippen molar-refractivity contribution in [3.05, 3.63) is 56.6 Å². The molecule has 10 heteroatoms. The van der Waals surface area contributed by atoms with Crippen LogP contribution < -0.4 is 5.32 Å². The number of carbonyl (C=O) groups excluding carboxylic acids is 2. The Balaban J connectivity index is 1.46. The summed E-state index contributed by atoms with van der Waals surface area (Å²) in [6.45, 7) is 2.22. The number of benzene rings is 1. The molecule has 0 unspecified atom stereocenters. The zero-order valence-corrected chi connectivity index (χ0v) is 17.7. The second-order valence-corrected chi connectivity index (χ2v) is 8.85. The number of fused-ring (bicyclic) bond motifs is 1. The van der Waals surface area contributed by atoms with Crippen LogP contribution in [0.4, 0.5) is 18.9 Å². The molecule has 1 saturated heterocycles. The van der Waals surface area contributed by atoms with Crippen LogP contribution in [0, 0.1) is 0 Å². The summed E-state index contributed by atoms with van der Waals surface area (Å²) >= 11 is 2.53. The number of rotatable bonds is 3. The molecule has 1 fully saturated rings. The molecule has 2 aromatic rings. The van der Waals surface area contributed by atoms with E-state index in [4.69, 9.17) is 4.74 Å². The quantitative estimate of drug-likeness (QED) is 0.665. The van der Waals surface area contributed by atoms with Crippen LogP contribution in [0.15, 0.2) is 45.5 Å². The van der Waals surface area contributed by atoms with Crippen molar-refractivity contribution in [2.45, 2.75) is 11.1 Å². The number of carbonyl (C=O) groups is 2. The molecule has 1 N–H and O–H groups in total. The van der Waals surface area contributed by atoms with E-state index in [1.807, 2.05) is 11.4 Å². The lowest BCUT2D eigenvalue weighted by Crippen LogP contribution is -2.39. The monoisotopic (exact) mass is 466 g/mol. The minimum absolute atomic E-state index is 0.0774. The predicted octanol–water partition coefficient (Wildman–Crippen LogP) is 4.72. The lowest BCUT2D eigenvalue weighted by molar-refractivity contribution is -0.137. The maximum Gasteiger partial charge on any atom is 0.416 e. The summed E-state index contributed by atoms with van der Waals surface area (Å²) in [5, 5.41) is 4.39. The summed E-state index contributed by atoms with van der Waals surface area (Å²) in [5.41, 5.74) is 0.175. The van der Waals surface area contributed by atoms with Crippen molar-refractivity contribution in [3.8, 4) is 0 Å². The number of thioether (sulfide) groups is 1. The second kappa shape index (κ2) is 8.89. The zero-order valence-electron chi connectivity index (χ0n) is 16.1. The van der Waals surface area contributed by atoms with Gasteiger partial charge >= 0.3 is 6.18 Å². The predicted molar refractivity (Wildman–Crippen MR) is 115 cm³/mol. The first-order valence-electron chi connectivity index (χ1n) is 9.35. The highest BCUT2D eigenvalue weighted by atomic mass is 32.2. The van der Waals surface area contributed by atoms with E-state index in [0.717, 1.165) is 34.3 Å². The third kappa shape index (κ3) is 5.20. The van der Waals surface area contributed by atoms with Gasteiger partial charge < -0.3 is 15.0 Å². The molecule has 0 bridgehead atoms. The number of hydrogen-bond donors (Lipinski definition) is 1. The van der Waals surface area contributed by atoms with Crippen LogP contribution in [0.1, 0.15) is 16.0 Å². The molecule has 31 heavy (non-hydrogen) atoms. The van der Waals surface area contributed by atoms with E-state index in [0.29, 0.717) is 36.1 Å². The molecular formula is C21H17F3N2O3S2. The van der Waals surface area contributed by atoms with Crippen molar-refractivity contribution in [2.75, 3.05) is 31.6 Å². The maximum absolute atomic E-state index is 12.9. The molecule has 2 aliphatic rings. The number of thiophene rings is 1. The number of anilines is 1. The van der Waals surface area contributed by atoms with Crippen molar-refractivity contribution in [2.24, 2.45) is 0 Å². The average molecular weight is 467 g/mol. The first-order valence-corrected chi connectivity index (χ1v) is 11.0. The van der Waals surface area contributed by atoms with Gasteiger partial charge in [0.25, 0.3) is 5.91 Å². The fourth-order valence-corrected chi connectivity index (χ4v) is 4.86. The van der Waals surface area contributed by atoms with Crippen molar-refractivity contribution in [3.63, 3.8) is 0 Å². The Morgan fingerprint density at radius 2 is 1.97 bits per heavy atom. The van der Waals surface area contributed by atoms with E-state index in [1.54, 1.807) is 17.1 Å². The number of hydrogen-bond acceptors (Lipinski definition) is 5. The van der Waals surface area contributed by atoms with Gasteiger partial charge in [0.2, 0.25) is 5.91 Å². The average Bonchev–Trinajstić information content (AvgIpc) is 3.19. The normalized spacial score (nSPS) is 18.4. The van der Waals surface area contributed by atoms with Crippen molar-refractivity contribution < 1.29 is 27.5 Å². The van der Waals surface area contributed by atoms with Crippen LogP contribution >= 0.6 is 23.1 Å². The zero-order chi connectivity index (χ0) is 22.0. The topological polar surface area (TPSA) is 58.6 Å². The smallest absolute Gasteiger partial charge is 0.378 e. The molecule has 0 saturated carbocycles. The Morgan fingerprint density at radius 1 is 1.19 bits per heavy atom. The van der Waals surface area contributed by atoms with Crippen LogP contribution in [-0.2, 0) is 20.5 Å². The van der Waals surface area contributed by atoms with Gasteiger partial charge in [-0.25, -0.2) is 0 Å². The number of halogens is 3. The minimum atomic E-state index is -4.47. The van der Waals surface area contributed by atoms with E-state index in [2.05, 4.69) is 5.32 Å². The molecule has 3 heterocycles. The Labute approximate surface area is 184 Å². The number of alkyl halides is 3. The van der Waals surface area contributed by atoms with Crippen LogP contribution in [0.25, 0.3) is 12.2 Å². The lowest BCUT2D eigenvalue weighted by atomic mass is 10.2. The molecule has 0 atom stereocenters. The summed E-state index contributed by atoms with van der Waals surface area (Å²) in [6.07, 6.45) is 0.455. The third-order valence-corrected chi connectivity index (χ3v) is 6.65. The summed E-state index contributed by atoms with van der Waals surface area (Å²) in [6, 6.07) is 5.14. The minimum Gasteiger partial charge on any atom is -0.378 e. The Morgan fingerprint density at radius 3 is 2.71 bits per heavy atom. The standard InChI is InChI=1S/C21H17F3N2O3S2/c22-21(23,24)14-2-3-17-16(10-14)25-20(28)18(31-17)11-15-9-13(12-30-15)1-4-19(27)26-5-7-29-8-6-26/h1-4,9-12H,5-8H2,(H,25,28)/b4-1+,18-11?. The van der Waals surface area contributed by atoms with Gasteiger partial charge in [-0.1, -0.05) is 11.8 Å². The van der Waals surface area contributed by atoms with Gasteiger partial charge in [-0.05, 0) is 47.4 Å². The van der Waals surface area contributed by atoms with Gasteiger partial charge in [0.15, 0.2) is 0 Å². The van der Waals surface area contributed by atoms with Crippen molar-refractivity contribution >= 4 is 52.8 Å².